The van der Waals surface area contributed by atoms with Gasteiger partial charge in [0, 0.05) is 0 Å². The van der Waals surface area contributed by atoms with Gasteiger partial charge in [0.1, 0.15) is 6.10 Å². The molecule has 94 valence electrons. The number of nitrogens with two attached hydrogens (primary N) is 1. The SMILES string of the molecule is C[C@@H](OC(=O)CN)[C@H](NP(=O)(O)O)C(=O)O. The molecule has 0 heterocycles. The summed E-state index contributed by atoms with van der Waals surface area (Å²) in [7, 11) is -4.73. The van der Waals surface area contributed by atoms with Gasteiger partial charge in [-0.05, 0) is 6.92 Å². The fourth-order valence-electron chi connectivity index (χ4n) is 0.866. The minimum Gasteiger partial charge on any atom is -0.480 e. The molecular weight excluding hydrogens is 243 g/mol. The number of nitrogens with one attached hydrogen (secondary N) is 1. The molecular formula is C6H13N2O7P. The number of rotatable bonds is 6. The third-order valence-corrected chi connectivity index (χ3v) is 2.14. The minimum atomic E-state index is -4.73. The molecule has 0 aromatic heterocycles. The van der Waals surface area contributed by atoms with Gasteiger partial charge in [-0.25, -0.2) is 9.65 Å². The first kappa shape index (κ1) is 15.0. The predicted octanol–water partition coefficient (Wildman–Crippen LogP) is -1.99. The van der Waals surface area contributed by atoms with Gasteiger partial charge < -0.3 is 25.4 Å². The Balaban J connectivity index is 4.60. The van der Waals surface area contributed by atoms with Crippen LogP contribution in [0.1, 0.15) is 6.92 Å². The van der Waals surface area contributed by atoms with Gasteiger partial charge in [0.2, 0.25) is 0 Å². The third-order valence-electron chi connectivity index (χ3n) is 1.53. The van der Waals surface area contributed by atoms with Crippen molar-refractivity contribution in [3.8, 4) is 0 Å². The van der Waals surface area contributed by atoms with Gasteiger partial charge in [0.25, 0.3) is 0 Å². The lowest BCUT2D eigenvalue weighted by atomic mass is 10.2. The second-order valence-electron chi connectivity index (χ2n) is 2.89. The number of carboxylic acids is 1. The second-order valence-corrected chi connectivity index (χ2v) is 4.23. The minimum absolute atomic E-state index is 0.452. The lowest BCUT2D eigenvalue weighted by Crippen LogP contribution is -2.45. The Kier molecular flexibility index (Phi) is 5.56. The topological polar surface area (TPSA) is 159 Å². The van der Waals surface area contributed by atoms with Crippen LogP contribution in [-0.4, -0.2) is 45.5 Å². The van der Waals surface area contributed by atoms with Crippen molar-refractivity contribution >= 4 is 19.7 Å². The van der Waals surface area contributed by atoms with Gasteiger partial charge >= 0.3 is 19.7 Å². The van der Waals surface area contributed by atoms with Gasteiger partial charge in [-0.15, -0.1) is 0 Å². The Morgan fingerprint density at radius 2 is 2.00 bits per heavy atom. The van der Waals surface area contributed by atoms with Crippen LogP contribution in [0.3, 0.4) is 0 Å². The number of carbonyl (C=O) groups excluding carboxylic acids is 1. The average Bonchev–Trinajstić information content (AvgIpc) is 2.12. The highest BCUT2D eigenvalue weighted by atomic mass is 31.2. The van der Waals surface area contributed by atoms with E-state index in [1.807, 2.05) is 0 Å². The first-order chi connectivity index (χ1) is 7.17. The predicted molar refractivity (Wildman–Crippen MR) is 51.2 cm³/mol. The van der Waals surface area contributed by atoms with E-state index in [1.165, 1.54) is 12.0 Å². The monoisotopic (exact) mass is 256 g/mol. The zero-order valence-electron chi connectivity index (χ0n) is 8.36. The van der Waals surface area contributed by atoms with Crippen LogP contribution in [0, 0.1) is 0 Å². The summed E-state index contributed by atoms with van der Waals surface area (Å²) in [4.78, 5) is 38.5. The van der Waals surface area contributed by atoms with Gasteiger partial charge in [-0.3, -0.25) is 9.59 Å². The molecule has 0 fully saturated rings. The van der Waals surface area contributed by atoms with Crippen molar-refractivity contribution in [3.63, 3.8) is 0 Å². The summed E-state index contributed by atoms with van der Waals surface area (Å²) in [5.74, 6) is -2.42. The molecule has 10 heteroatoms. The number of esters is 1. The molecule has 0 bridgehead atoms. The fraction of sp³-hybridized carbons (Fsp3) is 0.667. The van der Waals surface area contributed by atoms with E-state index in [2.05, 4.69) is 4.74 Å². The first-order valence-electron chi connectivity index (χ1n) is 4.13. The zero-order valence-corrected chi connectivity index (χ0v) is 9.26. The second kappa shape index (κ2) is 5.92. The lowest BCUT2D eigenvalue weighted by molar-refractivity contribution is -0.152. The van der Waals surface area contributed by atoms with Crippen molar-refractivity contribution in [2.75, 3.05) is 6.54 Å². The summed E-state index contributed by atoms with van der Waals surface area (Å²) < 4.78 is 15.1. The van der Waals surface area contributed by atoms with E-state index in [0.29, 0.717) is 0 Å². The maximum absolute atomic E-state index is 10.8. The summed E-state index contributed by atoms with van der Waals surface area (Å²) in [5.41, 5.74) is 4.93. The highest BCUT2D eigenvalue weighted by molar-refractivity contribution is 7.49. The van der Waals surface area contributed by atoms with Crippen molar-refractivity contribution in [2.24, 2.45) is 5.73 Å². The highest BCUT2D eigenvalue weighted by Gasteiger charge is 2.32. The van der Waals surface area contributed by atoms with E-state index < -0.39 is 38.4 Å². The molecule has 9 nitrogen and oxygen atoms in total. The molecule has 0 aromatic rings. The summed E-state index contributed by atoms with van der Waals surface area (Å²) in [6.07, 6.45) is -1.26. The van der Waals surface area contributed by atoms with Crippen molar-refractivity contribution in [1.82, 2.24) is 5.09 Å². The molecule has 0 rings (SSSR count). The number of ether oxygens (including phenoxy) is 1. The summed E-state index contributed by atoms with van der Waals surface area (Å²) >= 11 is 0. The first-order valence-corrected chi connectivity index (χ1v) is 5.74. The molecule has 0 aromatic carbocycles. The van der Waals surface area contributed by atoms with Gasteiger partial charge in [-0.1, -0.05) is 0 Å². The van der Waals surface area contributed by atoms with E-state index in [4.69, 9.17) is 20.6 Å². The average molecular weight is 256 g/mol. The van der Waals surface area contributed by atoms with Crippen LogP contribution in [-0.2, 0) is 18.9 Å². The molecule has 0 aliphatic rings. The molecule has 0 saturated carbocycles. The van der Waals surface area contributed by atoms with Crippen LogP contribution in [0.5, 0.6) is 0 Å². The van der Waals surface area contributed by atoms with Crippen molar-refractivity contribution < 1.29 is 33.8 Å². The maximum atomic E-state index is 10.8. The van der Waals surface area contributed by atoms with Crippen molar-refractivity contribution in [2.45, 2.75) is 19.1 Å². The smallest absolute Gasteiger partial charge is 0.401 e. The Morgan fingerprint density at radius 3 is 2.31 bits per heavy atom. The summed E-state index contributed by atoms with van der Waals surface area (Å²) in [5, 5.41) is 10.2. The number of carbonyl (C=O) groups is 2. The van der Waals surface area contributed by atoms with Gasteiger partial charge in [0.05, 0.1) is 6.54 Å². The number of hydrogen-bond acceptors (Lipinski definition) is 5. The van der Waals surface area contributed by atoms with E-state index >= 15 is 0 Å². The molecule has 0 amide bonds. The molecule has 0 saturated heterocycles. The molecule has 0 radical (unpaired) electrons. The van der Waals surface area contributed by atoms with Crippen molar-refractivity contribution in [1.29, 1.82) is 0 Å². The largest absolute Gasteiger partial charge is 0.480 e. The Morgan fingerprint density at radius 1 is 1.50 bits per heavy atom. The number of hydrogen-bond donors (Lipinski definition) is 5. The fourth-order valence-corrected chi connectivity index (χ4v) is 1.55. The third kappa shape index (κ3) is 5.79. The van der Waals surface area contributed by atoms with E-state index in [0.717, 1.165) is 0 Å². The van der Waals surface area contributed by atoms with Crippen LogP contribution in [0.25, 0.3) is 0 Å². The van der Waals surface area contributed by atoms with Gasteiger partial charge in [0.15, 0.2) is 6.04 Å². The van der Waals surface area contributed by atoms with E-state index in [9.17, 15) is 14.2 Å². The maximum Gasteiger partial charge on any atom is 0.401 e. The summed E-state index contributed by atoms with van der Waals surface area (Å²) in [6, 6.07) is -1.71. The summed E-state index contributed by atoms with van der Waals surface area (Å²) in [6.45, 7) is 0.724. The molecule has 6 N–H and O–H groups in total. The van der Waals surface area contributed by atoms with E-state index in [-0.39, 0.29) is 0 Å². The number of aliphatic carboxylic acids is 1. The molecule has 0 aliphatic heterocycles. The Hall–Kier alpha value is -0.990. The van der Waals surface area contributed by atoms with Crippen LogP contribution in [0.2, 0.25) is 0 Å². The van der Waals surface area contributed by atoms with Crippen molar-refractivity contribution in [3.05, 3.63) is 0 Å². The molecule has 0 unspecified atom stereocenters. The van der Waals surface area contributed by atoms with Gasteiger partial charge in [-0.2, -0.15) is 0 Å². The van der Waals surface area contributed by atoms with E-state index in [1.54, 1.807) is 0 Å². The van der Waals surface area contributed by atoms with Crippen LogP contribution >= 0.6 is 7.75 Å². The Bertz CT molecular complexity index is 314. The van der Waals surface area contributed by atoms with Crippen LogP contribution < -0.4 is 10.8 Å². The van der Waals surface area contributed by atoms with Crippen LogP contribution in [0.15, 0.2) is 0 Å². The Labute approximate surface area is 90.8 Å². The standard InChI is InChI=1S/C6H13N2O7P/c1-3(15-4(9)2-7)5(6(10)11)8-16(12,13)14/h3,5H,2,7H2,1H3,(H,10,11)(H3,8,12,13,14)/t3-,5+/m1/s1. The van der Waals surface area contributed by atoms with Crippen LogP contribution in [0.4, 0.5) is 0 Å². The molecule has 2 atom stereocenters. The zero-order chi connectivity index (χ0) is 12.9. The highest BCUT2D eigenvalue weighted by Crippen LogP contribution is 2.30. The molecule has 16 heavy (non-hydrogen) atoms. The number of carboxylic acid groups (broad SMARTS) is 1. The quantitative estimate of drug-likeness (QED) is 0.268. The molecule has 0 aliphatic carbocycles. The molecule has 0 spiro atoms. The lowest BCUT2D eigenvalue weighted by Gasteiger charge is -2.21. The normalized spacial score (nSPS) is 15.2.